The molecule has 1 saturated carbocycles. The average Bonchev–Trinajstić information content (AvgIpc) is 2.77. The first-order valence-corrected chi connectivity index (χ1v) is 13.5. The summed E-state index contributed by atoms with van der Waals surface area (Å²) < 4.78 is 0. The van der Waals surface area contributed by atoms with Gasteiger partial charge in [-0.05, 0) is 92.4 Å². The Labute approximate surface area is 206 Å². The minimum atomic E-state index is 0.627. The number of allylic oxidation sites excluding steroid dienone is 1. The molecule has 1 aliphatic rings. The lowest BCUT2D eigenvalue weighted by Crippen LogP contribution is -2.31. The molecule has 0 nitrogen and oxygen atoms in total. The maximum atomic E-state index is 3.90. The van der Waals surface area contributed by atoms with Crippen molar-refractivity contribution in [1.29, 1.82) is 0 Å². The van der Waals surface area contributed by atoms with Crippen LogP contribution in [0, 0.1) is 25.2 Å². The molecule has 1 aliphatic carbocycles. The van der Waals surface area contributed by atoms with Crippen LogP contribution >= 0.6 is 0 Å². The van der Waals surface area contributed by atoms with Crippen LogP contribution in [0.5, 0.6) is 0 Å². The second kappa shape index (κ2) is 15.2. The highest BCUT2D eigenvalue weighted by atomic mass is 14.4. The van der Waals surface area contributed by atoms with Crippen LogP contribution in [-0.4, -0.2) is 0 Å². The van der Waals surface area contributed by atoms with Gasteiger partial charge in [0.25, 0.3) is 0 Å². The predicted molar refractivity (Wildman–Crippen MR) is 151 cm³/mol. The maximum absolute atomic E-state index is 3.90. The standard InChI is InChI=1S/C19H30.C11H14.C3H8/c1-4-11-19(12-5-2)14-16(3)13-18(15-19)17-9-7-6-8-10-17;1-8(2)11-6-5-9(3)10(4)7-11;1-3-2/h6-10,16,18H,4-5,11-15H2,1-3H3;5-7H,1H2,2-4H3;3H2,1-2H3. The molecule has 2 atom stereocenters. The molecular formula is C33H52. The second-order valence-corrected chi connectivity index (χ2v) is 10.6. The number of benzene rings is 2. The van der Waals surface area contributed by atoms with Crippen molar-refractivity contribution in [3.63, 3.8) is 0 Å². The lowest BCUT2D eigenvalue weighted by atomic mass is 9.61. The van der Waals surface area contributed by atoms with Crippen LogP contribution < -0.4 is 0 Å². The van der Waals surface area contributed by atoms with Crippen molar-refractivity contribution in [1.82, 2.24) is 0 Å². The van der Waals surface area contributed by atoms with Gasteiger partial charge >= 0.3 is 0 Å². The fourth-order valence-electron chi connectivity index (χ4n) is 5.58. The van der Waals surface area contributed by atoms with E-state index in [2.05, 4.69) is 104 Å². The van der Waals surface area contributed by atoms with Crippen molar-refractivity contribution in [2.45, 2.75) is 113 Å². The zero-order valence-electron chi connectivity index (χ0n) is 23.1. The number of hydrogen-bond acceptors (Lipinski definition) is 0. The summed E-state index contributed by atoms with van der Waals surface area (Å²) >= 11 is 0. The Bertz CT molecular complexity index is 792. The van der Waals surface area contributed by atoms with Gasteiger partial charge in [0.15, 0.2) is 0 Å². The Hall–Kier alpha value is -1.82. The maximum Gasteiger partial charge on any atom is -0.0154 e. The molecule has 0 amide bonds. The van der Waals surface area contributed by atoms with Gasteiger partial charge < -0.3 is 0 Å². The Kier molecular flexibility index (Phi) is 13.4. The molecular weight excluding hydrogens is 396 g/mol. The second-order valence-electron chi connectivity index (χ2n) is 10.6. The Morgan fingerprint density at radius 1 is 0.879 bits per heavy atom. The van der Waals surface area contributed by atoms with Gasteiger partial charge in [0.05, 0.1) is 0 Å². The quantitative estimate of drug-likeness (QED) is 0.412. The van der Waals surface area contributed by atoms with Gasteiger partial charge in [-0.25, -0.2) is 0 Å². The monoisotopic (exact) mass is 448 g/mol. The van der Waals surface area contributed by atoms with Crippen molar-refractivity contribution in [2.75, 3.05) is 0 Å². The Morgan fingerprint density at radius 3 is 1.94 bits per heavy atom. The molecule has 0 aromatic heterocycles. The van der Waals surface area contributed by atoms with E-state index in [1.165, 1.54) is 68.1 Å². The predicted octanol–water partition coefficient (Wildman–Crippen LogP) is 10.9. The molecule has 2 unspecified atom stereocenters. The lowest BCUT2D eigenvalue weighted by molar-refractivity contribution is 0.102. The lowest BCUT2D eigenvalue weighted by Gasteiger charge is -2.44. The van der Waals surface area contributed by atoms with E-state index in [4.69, 9.17) is 0 Å². The van der Waals surface area contributed by atoms with E-state index in [9.17, 15) is 0 Å². The van der Waals surface area contributed by atoms with Gasteiger partial charge in [0, 0.05) is 0 Å². The van der Waals surface area contributed by atoms with Crippen molar-refractivity contribution in [3.05, 3.63) is 77.4 Å². The smallest absolute Gasteiger partial charge is 0.0154 e. The van der Waals surface area contributed by atoms with Crippen molar-refractivity contribution in [2.24, 2.45) is 11.3 Å². The molecule has 0 heterocycles. The summed E-state index contributed by atoms with van der Waals surface area (Å²) in [4.78, 5) is 0. The molecule has 0 radical (unpaired) electrons. The van der Waals surface area contributed by atoms with Gasteiger partial charge in [0.1, 0.15) is 0 Å². The van der Waals surface area contributed by atoms with Crippen LogP contribution in [0.4, 0.5) is 0 Å². The molecule has 0 saturated heterocycles. The summed E-state index contributed by atoms with van der Waals surface area (Å²) in [5, 5.41) is 0. The summed E-state index contributed by atoms with van der Waals surface area (Å²) in [5.74, 6) is 1.68. The minimum absolute atomic E-state index is 0.627. The fraction of sp³-hybridized carbons (Fsp3) is 0.576. The summed E-state index contributed by atoms with van der Waals surface area (Å²) in [6.45, 7) is 21.6. The zero-order valence-corrected chi connectivity index (χ0v) is 23.1. The molecule has 0 aliphatic heterocycles. The van der Waals surface area contributed by atoms with E-state index in [1.54, 1.807) is 5.56 Å². The number of aryl methyl sites for hydroxylation is 2. The van der Waals surface area contributed by atoms with Gasteiger partial charge in [-0.2, -0.15) is 0 Å². The first kappa shape index (κ1) is 29.2. The van der Waals surface area contributed by atoms with E-state index < -0.39 is 0 Å². The van der Waals surface area contributed by atoms with Crippen LogP contribution in [0.2, 0.25) is 0 Å². The van der Waals surface area contributed by atoms with E-state index in [0.29, 0.717) is 5.41 Å². The molecule has 0 spiro atoms. The molecule has 0 N–H and O–H groups in total. The van der Waals surface area contributed by atoms with Gasteiger partial charge in [-0.15, -0.1) is 0 Å². The van der Waals surface area contributed by atoms with Gasteiger partial charge in [0.2, 0.25) is 0 Å². The summed E-state index contributed by atoms with van der Waals surface area (Å²) in [7, 11) is 0. The fourth-order valence-corrected chi connectivity index (χ4v) is 5.58. The third-order valence-corrected chi connectivity index (χ3v) is 6.98. The normalized spacial score (nSPS) is 18.9. The van der Waals surface area contributed by atoms with E-state index >= 15 is 0 Å². The van der Waals surface area contributed by atoms with Crippen molar-refractivity contribution in [3.8, 4) is 0 Å². The van der Waals surface area contributed by atoms with Crippen LogP contribution in [0.3, 0.4) is 0 Å². The molecule has 1 fully saturated rings. The highest BCUT2D eigenvalue weighted by Crippen LogP contribution is 2.51. The summed E-state index contributed by atoms with van der Waals surface area (Å²) in [6.07, 6.45) is 11.0. The van der Waals surface area contributed by atoms with Gasteiger partial charge in [-0.3, -0.25) is 0 Å². The van der Waals surface area contributed by atoms with Crippen LogP contribution in [0.1, 0.15) is 121 Å². The molecule has 3 rings (SSSR count). The first-order chi connectivity index (χ1) is 15.7. The molecule has 0 heteroatoms. The van der Waals surface area contributed by atoms with Crippen LogP contribution in [0.15, 0.2) is 55.1 Å². The first-order valence-electron chi connectivity index (χ1n) is 13.5. The SMILES string of the molecule is C=C(C)c1ccc(C)c(C)c1.CCC.CCCC1(CCC)CC(C)CC(c2ccccc2)C1. The van der Waals surface area contributed by atoms with E-state index in [0.717, 1.165) is 17.4 Å². The average molecular weight is 449 g/mol. The van der Waals surface area contributed by atoms with Crippen molar-refractivity contribution >= 4 is 5.57 Å². The third-order valence-electron chi connectivity index (χ3n) is 6.98. The highest BCUT2D eigenvalue weighted by Gasteiger charge is 2.38. The highest BCUT2D eigenvalue weighted by molar-refractivity contribution is 5.62. The van der Waals surface area contributed by atoms with E-state index in [1.807, 2.05) is 6.92 Å². The zero-order chi connectivity index (χ0) is 24.9. The minimum Gasteiger partial charge on any atom is -0.0955 e. The third kappa shape index (κ3) is 9.91. The molecule has 184 valence electrons. The summed E-state index contributed by atoms with van der Waals surface area (Å²) in [5.41, 5.74) is 7.26. The Morgan fingerprint density at radius 2 is 1.45 bits per heavy atom. The largest absolute Gasteiger partial charge is 0.0955 e. The molecule has 0 bridgehead atoms. The van der Waals surface area contributed by atoms with Crippen LogP contribution in [0.25, 0.3) is 5.57 Å². The topological polar surface area (TPSA) is 0 Å². The summed E-state index contributed by atoms with van der Waals surface area (Å²) in [6, 6.07) is 17.7. The van der Waals surface area contributed by atoms with Crippen molar-refractivity contribution < 1.29 is 0 Å². The number of rotatable bonds is 6. The number of hydrogen-bond donors (Lipinski definition) is 0. The Balaban J connectivity index is 0.000000329. The molecule has 2 aromatic carbocycles. The molecule has 2 aromatic rings. The van der Waals surface area contributed by atoms with E-state index in [-0.39, 0.29) is 0 Å². The molecule has 33 heavy (non-hydrogen) atoms. The van der Waals surface area contributed by atoms with Gasteiger partial charge in [-0.1, -0.05) is 115 Å². The van der Waals surface area contributed by atoms with Crippen LogP contribution in [-0.2, 0) is 0 Å².